The molecule has 5 heteroatoms. The number of carbonyl (C=O) groups is 1. The van der Waals surface area contributed by atoms with E-state index in [1.165, 1.54) is 0 Å². The molecule has 33 heavy (non-hydrogen) atoms. The highest BCUT2D eigenvalue weighted by atomic mass is 16.3. The molecule has 1 amide bonds. The van der Waals surface area contributed by atoms with Gasteiger partial charge in [0.2, 0.25) is 0 Å². The minimum atomic E-state index is -1.41. The van der Waals surface area contributed by atoms with Crippen molar-refractivity contribution < 1.29 is 19.5 Å². The summed E-state index contributed by atoms with van der Waals surface area (Å²) in [5.74, 6) is 0.210. The van der Waals surface area contributed by atoms with E-state index in [-0.39, 0.29) is 11.8 Å². The molecule has 2 aromatic carbocycles. The van der Waals surface area contributed by atoms with E-state index in [0.29, 0.717) is 24.9 Å². The number of rotatable bonds is 7. The Hall–Kier alpha value is -2.37. The van der Waals surface area contributed by atoms with Gasteiger partial charge in [-0.25, -0.2) is 0 Å². The van der Waals surface area contributed by atoms with Gasteiger partial charge in [0.25, 0.3) is 5.91 Å². The minimum absolute atomic E-state index is 0.000339. The number of phenolic OH excluding ortho intramolecular Hbond substituents is 1. The molecule has 1 heterocycles. The summed E-state index contributed by atoms with van der Waals surface area (Å²) in [6.45, 7) is 2.37. The number of amides is 1. The van der Waals surface area contributed by atoms with Gasteiger partial charge in [-0.15, -0.1) is 0 Å². The molecule has 5 nitrogen and oxygen atoms in total. The first-order valence-corrected chi connectivity index (χ1v) is 12.5. The molecule has 4 rings (SSSR count). The third kappa shape index (κ3) is 5.10. The standard InChI is InChI=1S/C28H38N2O3/c1-30(2,20-17-22-9-8-14-26(31)21-22)25-15-18-29(19-16-25)27(32)28(33,24-12-6-7-13-24)23-10-4-3-5-11-23/h3-5,8-11,14,21,24-25,33H,6-7,12-13,15-20H2,1-2H3/p+1/t28-/m0/s1. The van der Waals surface area contributed by atoms with Crippen LogP contribution in [0.2, 0.25) is 0 Å². The van der Waals surface area contributed by atoms with Gasteiger partial charge in [0.1, 0.15) is 5.75 Å². The third-order valence-corrected chi connectivity index (χ3v) is 8.11. The number of piperidine rings is 1. The summed E-state index contributed by atoms with van der Waals surface area (Å²) in [5, 5.41) is 21.6. The zero-order chi connectivity index (χ0) is 23.5. The lowest BCUT2D eigenvalue weighted by Gasteiger charge is -2.45. The van der Waals surface area contributed by atoms with E-state index in [1.54, 1.807) is 6.07 Å². The predicted octanol–water partition coefficient (Wildman–Crippen LogP) is 4.08. The second kappa shape index (κ2) is 9.86. The zero-order valence-corrected chi connectivity index (χ0v) is 20.1. The van der Waals surface area contributed by atoms with Crippen molar-refractivity contribution in [3.8, 4) is 5.75 Å². The SMILES string of the molecule is C[N+](C)(CCc1cccc(O)c1)C1CCN(C(=O)[C@](O)(c2ccccc2)C2CCCC2)CC1. The Morgan fingerprint density at radius 3 is 2.30 bits per heavy atom. The highest BCUT2D eigenvalue weighted by Crippen LogP contribution is 2.42. The van der Waals surface area contributed by atoms with E-state index in [9.17, 15) is 15.0 Å². The lowest BCUT2D eigenvalue weighted by Crippen LogP contribution is -2.58. The molecule has 2 aromatic rings. The van der Waals surface area contributed by atoms with Crippen molar-refractivity contribution in [2.24, 2.45) is 5.92 Å². The molecular formula is C28H39N2O3+. The number of benzene rings is 2. The van der Waals surface area contributed by atoms with Gasteiger partial charge in [-0.05, 0) is 36.1 Å². The number of hydrogen-bond donors (Lipinski definition) is 2. The number of carbonyl (C=O) groups excluding carboxylic acids is 1. The average molecular weight is 452 g/mol. The first-order valence-electron chi connectivity index (χ1n) is 12.5. The lowest BCUT2D eigenvalue weighted by atomic mass is 9.78. The molecule has 1 saturated carbocycles. The molecule has 0 radical (unpaired) electrons. The second-order valence-electron chi connectivity index (χ2n) is 10.6. The van der Waals surface area contributed by atoms with Crippen LogP contribution in [0.15, 0.2) is 54.6 Å². The van der Waals surface area contributed by atoms with Gasteiger partial charge in [-0.2, -0.15) is 0 Å². The van der Waals surface area contributed by atoms with Crippen molar-refractivity contribution in [2.45, 2.75) is 56.6 Å². The van der Waals surface area contributed by atoms with Gasteiger partial charge in [-0.3, -0.25) is 4.79 Å². The molecule has 1 aliphatic carbocycles. The summed E-state index contributed by atoms with van der Waals surface area (Å²) in [7, 11) is 4.54. The van der Waals surface area contributed by atoms with E-state index in [0.717, 1.165) is 67.1 Å². The Balaban J connectivity index is 1.41. The number of aliphatic hydroxyl groups is 1. The molecule has 2 aliphatic rings. The molecule has 2 N–H and O–H groups in total. The molecule has 0 unspecified atom stereocenters. The fourth-order valence-corrected chi connectivity index (χ4v) is 5.89. The number of likely N-dealkylation sites (tertiary alicyclic amines) is 1. The van der Waals surface area contributed by atoms with Crippen LogP contribution in [-0.4, -0.2) is 65.3 Å². The van der Waals surface area contributed by atoms with Crippen molar-refractivity contribution in [2.75, 3.05) is 33.7 Å². The van der Waals surface area contributed by atoms with Gasteiger partial charge in [0, 0.05) is 38.3 Å². The fourth-order valence-electron chi connectivity index (χ4n) is 5.89. The van der Waals surface area contributed by atoms with E-state index in [1.807, 2.05) is 47.4 Å². The lowest BCUT2D eigenvalue weighted by molar-refractivity contribution is -0.916. The molecule has 0 bridgehead atoms. The molecule has 1 atom stereocenters. The number of aromatic hydroxyl groups is 1. The maximum absolute atomic E-state index is 13.8. The van der Waals surface area contributed by atoms with Crippen LogP contribution < -0.4 is 0 Å². The van der Waals surface area contributed by atoms with Crippen LogP contribution in [0.5, 0.6) is 5.75 Å². The number of hydrogen-bond acceptors (Lipinski definition) is 3. The van der Waals surface area contributed by atoms with Crippen LogP contribution in [0.4, 0.5) is 0 Å². The van der Waals surface area contributed by atoms with E-state index in [4.69, 9.17) is 0 Å². The molecular weight excluding hydrogens is 412 g/mol. The third-order valence-electron chi connectivity index (χ3n) is 8.11. The summed E-state index contributed by atoms with van der Waals surface area (Å²) < 4.78 is 0.892. The van der Waals surface area contributed by atoms with E-state index in [2.05, 4.69) is 20.2 Å². The first-order chi connectivity index (χ1) is 15.8. The number of phenols is 1. The van der Waals surface area contributed by atoms with Crippen molar-refractivity contribution in [1.82, 2.24) is 4.90 Å². The van der Waals surface area contributed by atoms with Gasteiger partial charge in [0.05, 0.1) is 26.7 Å². The summed E-state index contributed by atoms with van der Waals surface area (Å²) in [4.78, 5) is 15.7. The highest BCUT2D eigenvalue weighted by molar-refractivity contribution is 5.87. The number of likely N-dealkylation sites (N-methyl/N-ethyl adjacent to an activating group) is 1. The Kier molecular flexibility index (Phi) is 7.10. The predicted molar refractivity (Wildman–Crippen MR) is 131 cm³/mol. The first kappa shape index (κ1) is 23.8. The maximum atomic E-state index is 13.8. The van der Waals surface area contributed by atoms with E-state index >= 15 is 0 Å². The Morgan fingerprint density at radius 1 is 1.00 bits per heavy atom. The normalized spacial score (nSPS) is 20.0. The fraction of sp³-hybridized carbons (Fsp3) is 0.536. The molecule has 1 aliphatic heterocycles. The van der Waals surface area contributed by atoms with Crippen LogP contribution in [-0.2, 0) is 16.8 Å². The Bertz CT molecular complexity index is 931. The molecule has 0 aromatic heterocycles. The molecule has 0 spiro atoms. The number of quaternary nitrogens is 1. The van der Waals surface area contributed by atoms with Gasteiger partial charge >= 0.3 is 0 Å². The maximum Gasteiger partial charge on any atom is 0.259 e. The summed E-state index contributed by atoms with van der Waals surface area (Å²) in [6, 6.07) is 17.6. The smallest absolute Gasteiger partial charge is 0.259 e. The van der Waals surface area contributed by atoms with Crippen LogP contribution in [0.25, 0.3) is 0 Å². The largest absolute Gasteiger partial charge is 0.508 e. The van der Waals surface area contributed by atoms with Crippen molar-refractivity contribution in [3.05, 3.63) is 65.7 Å². The van der Waals surface area contributed by atoms with Crippen molar-refractivity contribution in [3.63, 3.8) is 0 Å². The van der Waals surface area contributed by atoms with Gasteiger partial charge in [-0.1, -0.05) is 55.3 Å². The molecule has 2 fully saturated rings. The topological polar surface area (TPSA) is 60.8 Å². The molecule has 178 valence electrons. The van der Waals surface area contributed by atoms with Crippen molar-refractivity contribution in [1.29, 1.82) is 0 Å². The Morgan fingerprint density at radius 2 is 1.67 bits per heavy atom. The molecule has 1 saturated heterocycles. The summed E-state index contributed by atoms with van der Waals surface area (Å²) in [6.07, 6.45) is 6.78. The van der Waals surface area contributed by atoms with E-state index < -0.39 is 5.60 Å². The highest BCUT2D eigenvalue weighted by Gasteiger charge is 2.49. The van der Waals surface area contributed by atoms with Crippen molar-refractivity contribution >= 4 is 5.91 Å². The summed E-state index contributed by atoms with van der Waals surface area (Å²) in [5.41, 5.74) is 0.481. The van der Waals surface area contributed by atoms with Crippen LogP contribution in [0.1, 0.15) is 49.7 Å². The van der Waals surface area contributed by atoms with Crippen LogP contribution in [0, 0.1) is 5.92 Å². The van der Waals surface area contributed by atoms with Crippen LogP contribution in [0.3, 0.4) is 0 Å². The van der Waals surface area contributed by atoms with Gasteiger partial charge < -0.3 is 19.6 Å². The van der Waals surface area contributed by atoms with Gasteiger partial charge in [0.15, 0.2) is 5.60 Å². The number of nitrogens with zero attached hydrogens (tertiary/aromatic N) is 2. The van der Waals surface area contributed by atoms with Crippen LogP contribution >= 0.6 is 0 Å². The average Bonchev–Trinajstić information content (AvgIpc) is 3.38. The quantitative estimate of drug-likeness (QED) is 0.624. The Labute approximate surface area is 198 Å². The monoisotopic (exact) mass is 451 g/mol. The summed E-state index contributed by atoms with van der Waals surface area (Å²) >= 11 is 0. The zero-order valence-electron chi connectivity index (χ0n) is 20.1. The second-order valence-corrected chi connectivity index (χ2v) is 10.6. The minimum Gasteiger partial charge on any atom is -0.508 e.